The number of aromatic amines is 1. The predicted octanol–water partition coefficient (Wildman–Crippen LogP) is 5.29. The summed E-state index contributed by atoms with van der Waals surface area (Å²) in [4.78, 5) is 17.4. The monoisotopic (exact) mass is 640 g/mol. The first kappa shape index (κ1) is 32.3. The van der Waals surface area contributed by atoms with Crippen LogP contribution in [0.5, 0.6) is 0 Å². The average molecular weight is 641 g/mol. The lowest BCUT2D eigenvalue weighted by Gasteiger charge is -2.28. The quantitative estimate of drug-likeness (QED) is 0.202. The zero-order chi connectivity index (χ0) is 32.3. The van der Waals surface area contributed by atoms with Gasteiger partial charge in [0.15, 0.2) is 5.82 Å². The zero-order valence-corrected chi connectivity index (χ0v) is 26.5. The van der Waals surface area contributed by atoms with Crippen LogP contribution in [-0.2, 0) is 14.6 Å². The molecule has 0 aliphatic carbocycles. The Bertz CT molecular complexity index is 1770. The second kappa shape index (κ2) is 13.5. The zero-order valence-electron chi connectivity index (χ0n) is 25.7. The fourth-order valence-corrected chi connectivity index (χ4v) is 6.42. The molecule has 2 heterocycles. The summed E-state index contributed by atoms with van der Waals surface area (Å²) < 4.78 is 59.6. The highest BCUT2D eigenvalue weighted by atomic mass is 32.2. The maximum Gasteiger partial charge on any atom is 0.258 e. The van der Waals surface area contributed by atoms with Crippen molar-refractivity contribution in [2.45, 2.75) is 48.6 Å². The number of halogens is 2. The fourth-order valence-electron chi connectivity index (χ4n) is 5.09. The van der Waals surface area contributed by atoms with Crippen molar-refractivity contribution >= 4 is 43.8 Å². The summed E-state index contributed by atoms with van der Waals surface area (Å²) in [5.74, 6) is -2.33. The Hall–Kier alpha value is -4.07. The highest BCUT2D eigenvalue weighted by molar-refractivity contribution is 7.91. The van der Waals surface area contributed by atoms with Gasteiger partial charge in [-0.05, 0) is 82.3 Å². The number of rotatable bonds is 11. The molecule has 10 nitrogen and oxygen atoms in total. The lowest BCUT2D eigenvalue weighted by Crippen LogP contribution is -2.34. The van der Waals surface area contributed by atoms with Gasteiger partial charge in [-0.1, -0.05) is 0 Å². The van der Waals surface area contributed by atoms with E-state index in [1.165, 1.54) is 18.2 Å². The summed E-state index contributed by atoms with van der Waals surface area (Å²) in [6.45, 7) is 7.23. The molecule has 240 valence electrons. The van der Waals surface area contributed by atoms with Gasteiger partial charge < -0.3 is 25.2 Å². The van der Waals surface area contributed by atoms with E-state index in [-0.39, 0.29) is 16.8 Å². The predicted molar refractivity (Wildman–Crippen MR) is 171 cm³/mol. The van der Waals surface area contributed by atoms with Crippen LogP contribution < -0.4 is 15.5 Å². The van der Waals surface area contributed by atoms with Crippen molar-refractivity contribution in [3.63, 3.8) is 0 Å². The van der Waals surface area contributed by atoms with E-state index in [1.807, 2.05) is 19.2 Å². The maximum absolute atomic E-state index is 13.8. The van der Waals surface area contributed by atoms with E-state index in [9.17, 15) is 22.0 Å². The number of nitrogens with one attached hydrogen (secondary N) is 3. The SMILES string of the molecule is CC(C)N(C)CCN(C)c1ccc(C(=O)Nc2n[nH]c3ccc(S(=O)(=O)c4cc(F)cc(F)c4)cc23)c(NC2CCOCC2)c1. The summed E-state index contributed by atoms with van der Waals surface area (Å²) in [5.41, 5.74) is 2.48. The number of likely N-dealkylation sites (N-methyl/N-ethyl adjacent to an activating group) is 2. The van der Waals surface area contributed by atoms with Crippen LogP contribution in [-0.4, -0.2) is 81.9 Å². The van der Waals surface area contributed by atoms with Crippen molar-refractivity contribution in [2.24, 2.45) is 0 Å². The molecule has 0 radical (unpaired) electrons. The van der Waals surface area contributed by atoms with Gasteiger partial charge in [0, 0.05) is 68.3 Å². The number of hydrogen-bond donors (Lipinski definition) is 3. The third kappa shape index (κ3) is 7.43. The van der Waals surface area contributed by atoms with Gasteiger partial charge in [0.2, 0.25) is 9.84 Å². The summed E-state index contributed by atoms with van der Waals surface area (Å²) in [5, 5.41) is 13.7. The molecule has 1 aromatic heterocycles. The summed E-state index contributed by atoms with van der Waals surface area (Å²) in [7, 11) is -0.163. The lowest BCUT2D eigenvalue weighted by molar-refractivity contribution is 0.0904. The number of ether oxygens (including phenoxy) is 1. The summed E-state index contributed by atoms with van der Waals surface area (Å²) in [6.07, 6.45) is 1.60. The smallest absolute Gasteiger partial charge is 0.258 e. The van der Waals surface area contributed by atoms with Crippen LogP contribution in [0.3, 0.4) is 0 Å². The van der Waals surface area contributed by atoms with Crippen molar-refractivity contribution in [3.05, 3.63) is 71.8 Å². The van der Waals surface area contributed by atoms with Crippen molar-refractivity contribution < 1.29 is 26.7 Å². The molecule has 3 aromatic carbocycles. The molecule has 1 aliphatic rings. The van der Waals surface area contributed by atoms with Gasteiger partial charge in [-0.2, -0.15) is 5.10 Å². The minimum Gasteiger partial charge on any atom is -0.381 e. The normalized spacial score (nSPS) is 14.3. The average Bonchev–Trinajstić information content (AvgIpc) is 3.41. The number of amides is 1. The van der Waals surface area contributed by atoms with Crippen molar-refractivity contribution in [1.29, 1.82) is 0 Å². The van der Waals surface area contributed by atoms with E-state index in [0.717, 1.165) is 43.8 Å². The van der Waals surface area contributed by atoms with Crippen LogP contribution in [0.1, 0.15) is 37.0 Å². The second-order valence-electron chi connectivity index (χ2n) is 11.6. The number of fused-ring (bicyclic) bond motifs is 1. The molecular formula is C32H38F2N6O4S. The van der Waals surface area contributed by atoms with Crippen LogP contribution in [0.15, 0.2) is 64.4 Å². The van der Waals surface area contributed by atoms with Crippen LogP contribution in [0.25, 0.3) is 10.9 Å². The van der Waals surface area contributed by atoms with E-state index in [2.05, 4.69) is 51.5 Å². The molecular weight excluding hydrogens is 602 g/mol. The molecule has 0 unspecified atom stereocenters. The van der Waals surface area contributed by atoms with Gasteiger partial charge in [-0.25, -0.2) is 17.2 Å². The molecule has 0 saturated carbocycles. The first-order valence-electron chi connectivity index (χ1n) is 14.8. The number of hydrogen-bond acceptors (Lipinski definition) is 8. The Morgan fingerprint density at radius 1 is 1.00 bits per heavy atom. The Morgan fingerprint density at radius 3 is 2.40 bits per heavy atom. The highest BCUT2D eigenvalue weighted by Crippen LogP contribution is 2.30. The molecule has 0 atom stereocenters. The molecule has 1 saturated heterocycles. The summed E-state index contributed by atoms with van der Waals surface area (Å²) in [6, 6.07) is 12.4. The molecule has 1 fully saturated rings. The van der Waals surface area contributed by atoms with E-state index in [0.29, 0.717) is 47.5 Å². The van der Waals surface area contributed by atoms with E-state index in [1.54, 1.807) is 6.07 Å². The molecule has 3 N–H and O–H groups in total. The van der Waals surface area contributed by atoms with Gasteiger partial charge in [0.25, 0.3) is 5.91 Å². The van der Waals surface area contributed by atoms with Crippen LogP contribution in [0.2, 0.25) is 0 Å². The topological polar surface area (TPSA) is 120 Å². The molecule has 5 rings (SSSR count). The van der Waals surface area contributed by atoms with Crippen molar-refractivity contribution in [3.8, 4) is 0 Å². The van der Waals surface area contributed by atoms with E-state index in [4.69, 9.17) is 4.74 Å². The Kier molecular flexibility index (Phi) is 9.70. The number of aromatic nitrogens is 2. The molecule has 1 aliphatic heterocycles. The van der Waals surface area contributed by atoms with Gasteiger partial charge in [-0.15, -0.1) is 0 Å². The third-order valence-electron chi connectivity index (χ3n) is 8.16. The van der Waals surface area contributed by atoms with Gasteiger partial charge in [-0.3, -0.25) is 9.89 Å². The molecule has 0 bridgehead atoms. The van der Waals surface area contributed by atoms with Crippen molar-refractivity contribution in [1.82, 2.24) is 15.1 Å². The van der Waals surface area contributed by atoms with Crippen LogP contribution >= 0.6 is 0 Å². The van der Waals surface area contributed by atoms with Gasteiger partial charge in [0.05, 0.1) is 20.9 Å². The molecule has 4 aromatic rings. The largest absolute Gasteiger partial charge is 0.381 e. The second-order valence-corrected chi connectivity index (χ2v) is 13.5. The van der Waals surface area contributed by atoms with E-state index >= 15 is 0 Å². The minimum absolute atomic E-state index is 0.118. The standard InChI is InChI=1S/C32H38F2N6O4S/c1-20(2)39(3)11-12-40(4)24-5-7-27(30(18-24)35-23-9-13-44-14-10-23)32(41)36-31-28-19-25(6-8-29(28)37-38-31)45(42,43)26-16-21(33)15-22(34)17-26/h5-8,15-20,23,35H,9-14H2,1-4H3,(H2,36,37,38,41). The number of carbonyl (C=O) groups excluding carboxylic acids is 1. The van der Waals surface area contributed by atoms with Gasteiger partial charge in [0.1, 0.15) is 11.6 Å². The number of carbonyl (C=O) groups is 1. The molecule has 0 spiro atoms. The Morgan fingerprint density at radius 2 is 1.71 bits per heavy atom. The molecule has 1 amide bonds. The first-order valence-corrected chi connectivity index (χ1v) is 16.3. The van der Waals surface area contributed by atoms with Crippen molar-refractivity contribution in [2.75, 3.05) is 55.9 Å². The Balaban J connectivity index is 1.43. The highest BCUT2D eigenvalue weighted by Gasteiger charge is 2.23. The fraction of sp³-hybridized carbons (Fsp3) is 0.375. The minimum atomic E-state index is -4.26. The number of benzene rings is 3. The maximum atomic E-state index is 13.8. The number of sulfone groups is 1. The third-order valence-corrected chi connectivity index (χ3v) is 9.89. The number of nitrogens with zero attached hydrogens (tertiary/aromatic N) is 3. The summed E-state index contributed by atoms with van der Waals surface area (Å²) >= 11 is 0. The number of H-pyrrole nitrogens is 1. The van der Waals surface area contributed by atoms with E-state index < -0.39 is 32.3 Å². The molecule has 45 heavy (non-hydrogen) atoms. The number of anilines is 3. The van der Waals surface area contributed by atoms with Gasteiger partial charge >= 0.3 is 0 Å². The first-order chi connectivity index (χ1) is 21.4. The molecule has 13 heteroatoms. The van der Waals surface area contributed by atoms with Crippen LogP contribution in [0, 0.1) is 11.6 Å². The van der Waals surface area contributed by atoms with Crippen LogP contribution in [0.4, 0.5) is 26.0 Å². The Labute approximate surface area is 261 Å². The lowest BCUT2D eigenvalue weighted by atomic mass is 10.1.